The monoisotopic (exact) mass is 353 g/mol. The van der Waals surface area contributed by atoms with E-state index >= 15 is 0 Å². The van der Waals surface area contributed by atoms with Gasteiger partial charge < -0.3 is 5.73 Å². The second kappa shape index (κ2) is 5.34. The zero-order valence-electron chi connectivity index (χ0n) is 9.80. The maximum absolute atomic E-state index is 12.2. The summed E-state index contributed by atoms with van der Waals surface area (Å²) in [5, 5.41) is 0. The Morgan fingerprint density at radius 2 is 2.00 bits per heavy atom. The number of anilines is 1. The van der Waals surface area contributed by atoms with E-state index in [1.54, 1.807) is 12.3 Å². The molecule has 18 heavy (non-hydrogen) atoms. The van der Waals surface area contributed by atoms with E-state index in [4.69, 9.17) is 5.73 Å². The molecule has 1 heterocycles. The highest BCUT2D eigenvalue weighted by Crippen LogP contribution is 2.21. The Kier molecular flexibility index (Phi) is 3.81. The predicted octanol–water partition coefficient (Wildman–Crippen LogP) is 2.59. The van der Waals surface area contributed by atoms with Gasteiger partial charge in [-0.15, -0.1) is 0 Å². The number of nitrogens with two attached hydrogens (primary N) is 1. The summed E-state index contributed by atoms with van der Waals surface area (Å²) < 4.78 is 1.90. The van der Waals surface area contributed by atoms with Crippen LogP contribution in [0.2, 0.25) is 0 Å². The molecule has 4 nitrogen and oxygen atoms in total. The van der Waals surface area contributed by atoms with Gasteiger partial charge in [0, 0.05) is 11.8 Å². The predicted molar refractivity (Wildman–Crippen MR) is 82.1 cm³/mol. The largest absolute Gasteiger partial charge is 0.369 e. The van der Waals surface area contributed by atoms with Crippen LogP contribution in [0.3, 0.4) is 0 Å². The maximum atomic E-state index is 12.2. The first-order valence-corrected chi connectivity index (χ1v) is 6.48. The molecule has 0 aliphatic rings. The molecular formula is C13H12IN3O. The van der Waals surface area contributed by atoms with Crippen LogP contribution in [-0.2, 0) is 0 Å². The first-order chi connectivity index (χ1) is 8.65. The number of halogens is 1. The third-order valence-electron chi connectivity index (χ3n) is 2.43. The van der Waals surface area contributed by atoms with E-state index in [9.17, 15) is 4.79 Å². The lowest BCUT2D eigenvalue weighted by molar-refractivity contribution is 0.997. The molecule has 0 radical (unpaired) electrons. The van der Waals surface area contributed by atoms with E-state index in [-0.39, 0.29) is 11.5 Å². The number of hydrogen-bond donors (Lipinski definition) is 1. The fourth-order valence-electron chi connectivity index (χ4n) is 1.61. The van der Waals surface area contributed by atoms with Crippen LogP contribution in [0.25, 0.3) is 17.5 Å². The molecule has 0 bridgehead atoms. The first-order valence-electron chi connectivity index (χ1n) is 5.41. The van der Waals surface area contributed by atoms with E-state index in [2.05, 4.69) is 4.98 Å². The number of rotatable bonds is 2. The SMILES string of the molecule is C/C=C\n1c(N)nc(-c2ccccc2)c(I)c1=O. The van der Waals surface area contributed by atoms with Crippen molar-refractivity contribution < 1.29 is 0 Å². The molecule has 2 aromatic rings. The van der Waals surface area contributed by atoms with Crippen molar-refractivity contribution in [1.82, 2.24) is 9.55 Å². The molecule has 92 valence electrons. The van der Waals surface area contributed by atoms with E-state index < -0.39 is 0 Å². The Morgan fingerprint density at radius 1 is 1.33 bits per heavy atom. The summed E-state index contributed by atoms with van der Waals surface area (Å²) in [4.78, 5) is 16.5. The summed E-state index contributed by atoms with van der Waals surface area (Å²) in [5.41, 5.74) is 7.17. The molecule has 1 aromatic heterocycles. The fraction of sp³-hybridized carbons (Fsp3) is 0.0769. The third kappa shape index (κ3) is 2.31. The van der Waals surface area contributed by atoms with Crippen molar-refractivity contribution in [3.05, 3.63) is 50.3 Å². The van der Waals surface area contributed by atoms with Gasteiger partial charge >= 0.3 is 0 Å². The lowest BCUT2D eigenvalue weighted by Gasteiger charge is -2.08. The molecule has 0 fully saturated rings. The van der Waals surface area contributed by atoms with Crippen molar-refractivity contribution in [2.75, 3.05) is 5.73 Å². The molecule has 0 saturated carbocycles. The number of allylic oxidation sites excluding steroid dienone is 1. The van der Waals surface area contributed by atoms with Gasteiger partial charge in [0.1, 0.15) is 3.57 Å². The maximum Gasteiger partial charge on any atom is 0.273 e. The fourth-order valence-corrected chi connectivity index (χ4v) is 2.30. The van der Waals surface area contributed by atoms with Crippen LogP contribution in [0.1, 0.15) is 6.92 Å². The highest BCUT2D eigenvalue weighted by Gasteiger charge is 2.12. The van der Waals surface area contributed by atoms with Crippen molar-refractivity contribution in [2.45, 2.75) is 6.92 Å². The molecule has 0 atom stereocenters. The third-order valence-corrected chi connectivity index (χ3v) is 3.41. The summed E-state index contributed by atoms with van der Waals surface area (Å²) in [5.74, 6) is 0.192. The van der Waals surface area contributed by atoms with Crippen LogP contribution in [0.4, 0.5) is 5.95 Å². The van der Waals surface area contributed by atoms with Gasteiger partial charge in [0.2, 0.25) is 5.95 Å². The van der Waals surface area contributed by atoms with Gasteiger partial charge in [-0.3, -0.25) is 9.36 Å². The Hall–Kier alpha value is -1.63. The Balaban J connectivity index is 2.70. The Labute approximate surface area is 118 Å². The van der Waals surface area contributed by atoms with Crippen molar-refractivity contribution >= 4 is 34.7 Å². The summed E-state index contributed by atoms with van der Waals surface area (Å²) >= 11 is 2.01. The number of nitrogen functional groups attached to an aromatic ring is 1. The van der Waals surface area contributed by atoms with Crippen LogP contribution in [0, 0.1) is 3.57 Å². The van der Waals surface area contributed by atoms with Gasteiger partial charge in [0.25, 0.3) is 5.56 Å². The Bertz CT molecular complexity index is 647. The lowest BCUT2D eigenvalue weighted by Crippen LogP contribution is -2.23. The number of benzene rings is 1. The molecule has 0 spiro atoms. The van der Waals surface area contributed by atoms with Crippen LogP contribution >= 0.6 is 22.6 Å². The molecular weight excluding hydrogens is 341 g/mol. The minimum atomic E-state index is -0.153. The molecule has 0 amide bonds. The molecule has 1 aromatic carbocycles. The molecule has 5 heteroatoms. The number of nitrogens with zero attached hydrogens (tertiary/aromatic N) is 2. The Morgan fingerprint density at radius 3 is 2.61 bits per heavy atom. The molecule has 2 rings (SSSR count). The minimum Gasteiger partial charge on any atom is -0.369 e. The number of hydrogen-bond acceptors (Lipinski definition) is 3. The van der Waals surface area contributed by atoms with Crippen molar-refractivity contribution in [1.29, 1.82) is 0 Å². The summed E-state index contributed by atoms with van der Waals surface area (Å²) in [6.45, 7) is 1.82. The van der Waals surface area contributed by atoms with Gasteiger partial charge in [-0.05, 0) is 29.5 Å². The van der Waals surface area contributed by atoms with Crippen molar-refractivity contribution in [2.24, 2.45) is 0 Å². The van der Waals surface area contributed by atoms with E-state index in [1.165, 1.54) is 4.57 Å². The smallest absolute Gasteiger partial charge is 0.273 e. The second-order valence-electron chi connectivity index (χ2n) is 3.66. The van der Waals surface area contributed by atoms with Crippen LogP contribution in [-0.4, -0.2) is 9.55 Å². The quantitative estimate of drug-likeness (QED) is 0.845. The van der Waals surface area contributed by atoms with E-state index in [0.29, 0.717) is 9.26 Å². The minimum absolute atomic E-state index is 0.153. The zero-order valence-corrected chi connectivity index (χ0v) is 12.0. The van der Waals surface area contributed by atoms with Gasteiger partial charge in [-0.2, -0.15) is 0 Å². The zero-order chi connectivity index (χ0) is 13.1. The normalized spacial score (nSPS) is 11.0. The second-order valence-corrected chi connectivity index (χ2v) is 4.73. The highest BCUT2D eigenvalue weighted by molar-refractivity contribution is 14.1. The molecule has 0 aliphatic heterocycles. The van der Waals surface area contributed by atoms with Crippen LogP contribution in [0.5, 0.6) is 0 Å². The first kappa shape index (κ1) is 12.8. The van der Waals surface area contributed by atoms with Gasteiger partial charge in [0.05, 0.1) is 5.69 Å². The van der Waals surface area contributed by atoms with E-state index in [0.717, 1.165) is 5.56 Å². The van der Waals surface area contributed by atoms with Crippen LogP contribution in [0.15, 0.2) is 41.2 Å². The van der Waals surface area contributed by atoms with Crippen molar-refractivity contribution in [3.63, 3.8) is 0 Å². The van der Waals surface area contributed by atoms with Gasteiger partial charge in [-0.25, -0.2) is 4.98 Å². The molecule has 0 unspecified atom stereocenters. The standard InChI is InChI=1S/C13H12IN3O/c1-2-8-17-12(18)10(14)11(16-13(17)15)9-6-4-3-5-7-9/h2-8H,1H3,(H2,15,16)/b8-2-. The van der Waals surface area contributed by atoms with Crippen molar-refractivity contribution in [3.8, 4) is 11.3 Å². The summed E-state index contributed by atoms with van der Waals surface area (Å²) in [6.07, 6.45) is 3.36. The average Bonchev–Trinajstić information content (AvgIpc) is 2.40. The van der Waals surface area contributed by atoms with Crippen LogP contribution < -0.4 is 11.3 Å². The molecule has 0 saturated heterocycles. The van der Waals surface area contributed by atoms with Gasteiger partial charge in [0.15, 0.2) is 0 Å². The van der Waals surface area contributed by atoms with Gasteiger partial charge in [-0.1, -0.05) is 36.4 Å². The summed E-state index contributed by atoms with van der Waals surface area (Å²) in [6, 6.07) is 9.54. The molecule has 0 aliphatic carbocycles. The average molecular weight is 353 g/mol. The summed E-state index contributed by atoms with van der Waals surface area (Å²) in [7, 11) is 0. The lowest BCUT2D eigenvalue weighted by atomic mass is 10.1. The van der Waals surface area contributed by atoms with E-state index in [1.807, 2.05) is 59.8 Å². The highest BCUT2D eigenvalue weighted by atomic mass is 127. The topological polar surface area (TPSA) is 60.9 Å². The number of aromatic nitrogens is 2. The molecule has 2 N–H and O–H groups in total.